The van der Waals surface area contributed by atoms with Crippen LogP contribution in [-0.4, -0.2) is 40.4 Å². The lowest BCUT2D eigenvalue weighted by Gasteiger charge is -2.27. The van der Waals surface area contributed by atoms with Crippen molar-refractivity contribution in [2.24, 2.45) is 5.41 Å². The summed E-state index contributed by atoms with van der Waals surface area (Å²) < 4.78 is 0. The van der Waals surface area contributed by atoms with Gasteiger partial charge in [0.05, 0.1) is 6.54 Å². The number of carboxylic acid groups (broad SMARTS) is 1. The van der Waals surface area contributed by atoms with Crippen molar-refractivity contribution >= 4 is 29.1 Å². The number of carbonyl (C=O) groups excluding carboxylic acids is 2. The number of thiophene rings is 1. The fourth-order valence-corrected chi connectivity index (χ4v) is 3.56. The summed E-state index contributed by atoms with van der Waals surface area (Å²) in [6.07, 6.45) is 1.92. The summed E-state index contributed by atoms with van der Waals surface area (Å²) in [5, 5.41) is 11.7. The molecule has 7 heteroatoms. The van der Waals surface area contributed by atoms with Crippen molar-refractivity contribution in [3.63, 3.8) is 0 Å². The largest absolute Gasteiger partial charge is 0.477 e. The maximum Gasteiger partial charge on any atom is 0.345 e. The number of aromatic carboxylic acids is 1. The molecule has 2 amide bonds. The number of carbonyl (C=O) groups is 3. The second-order valence-corrected chi connectivity index (χ2v) is 8.44. The average Bonchev–Trinajstić information content (AvgIpc) is 3.12. The molecule has 24 heavy (non-hydrogen) atoms. The van der Waals surface area contributed by atoms with E-state index in [1.54, 1.807) is 11.0 Å². The molecular formula is C17H24N2O4S. The van der Waals surface area contributed by atoms with Crippen molar-refractivity contribution in [1.82, 2.24) is 10.2 Å². The molecule has 1 unspecified atom stereocenters. The molecule has 0 aromatic carbocycles. The minimum absolute atomic E-state index is 0.0180. The molecule has 0 bridgehead atoms. The summed E-state index contributed by atoms with van der Waals surface area (Å²) in [7, 11) is 0. The standard InChI is InChI=1S/C17H24N2O4S/c1-17(2,3)9-14(20)19-8-4-5-12(19)15(21)18-10-11-6-7-13(24-11)16(22)23/h6-7,12H,4-5,8-10H2,1-3H3,(H,18,21)(H,22,23). The smallest absolute Gasteiger partial charge is 0.345 e. The van der Waals surface area contributed by atoms with Gasteiger partial charge in [0.2, 0.25) is 11.8 Å². The Morgan fingerprint density at radius 1 is 1.33 bits per heavy atom. The van der Waals surface area contributed by atoms with E-state index in [9.17, 15) is 14.4 Å². The number of nitrogens with zero attached hydrogens (tertiary/aromatic N) is 1. The summed E-state index contributed by atoms with van der Waals surface area (Å²) >= 11 is 1.15. The van der Waals surface area contributed by atoms with Crippen LogP contribution in [0.25, 0.3) is 0 Å². The first-order valence-electron chi connectivity index (χ1n) is 8.06. The SMILES string of the molecule is CC(C)(C)CC(=O)N1CCCC1C(=O)NCc1ccc(C(=O)O)s1. The number of hydrogen-bond acceptors (Lipinski definition) is 4. The van der Waals surface area contributed by atoms with E-state index in [2.05, 4.69) is 5.32 Å². The van der Waals surface area contributed by atoms with Crippen LogP contribution in [0.5, 0.6) is 0 Å². The highest BCUT2D eigenvalue weighted by atomic mass is 32.1. The van der Waals surface area contributed by atoms with Crippen LogP contribution >= 0.6 is 11.3 Å². The fourth-order valence-electron chi connectivity index (χ4n) is 2.77. The molecule has 1 aliphatic rings. The van der Waals surface area contributed by atoms with Gasteiger partial charge in [-0.25, -0.2) is 4.79 Å². The van der Waals surface area contributed by atoms with Crippen LogP contribution in [0.3, 0.4) is 0 Å². The molecule has 0 saturated carbocycles. The topological polar surface area (TPSA) is 86.7 Å². The number of rotatable bonds is 5. The minimum atomic E-state index is -0.965. The quantitative estimate of drug-likeness (QED) is 0.852. The van der Waals surface area contributed by atoms with Crippen molar-refractivity contribution in [3.05, 3.63) is 21.9 Å². The minimum Gasteiger partial charge on any atom is -0.477 e. The number of likely N-dealkylation sites (tertiary alicyclic amines) is 1. The Kier molecular flexibility index (Phi) is 5.64. The third kappa shape index (κ3) is 4.80. The van der Waals surface area contributed by atoms with Gasteiger partial charge in [0.15, 0.2) is 0 Å². The van der Waals surface area contributed by atoms with E-state index >= 15 is 0 Å². The molecular weight excluding hydrogens is 328 g/mol. The molecule has 1 saturated heterocycles. The van der Waals surface area contributed by atoms with E-state index in [4.69, 9.17) is 5.11 Å². The van der Waals surface area contributed by atoms with E-state index in [1.165, 1.54) is 6.07 Å². The van der Waals surface area contributed by atoms with Gasteiger partial charge >= 0.3 is 5.97 Å². The first-order valence-corrected chi connectivity index (χ1v) is 8.88. The molecule has 0 radical (unpaired) electrons. The lowest BCUT2D eigenvalue weighted by molar-refractivity contribution is -0.139. The predicted octanol–water partition coefficient (Wildman–Crippen LogP) is 2.49. The maximum atomic E-state index is 12.4. The highest BCUT2D eigenvalue weighted by molar-refractivity contribution is 7.13. The Balaban J connectivity index is 1.92. The molecule has 6 nitrogen and oxygen atoms in total. The van der Waals surface area contributed by atoms with Crippen molar-refractivity contribution in [2.45, 2.75) is 52.6 Å². The van der Waals surface area contributed by atoms with Crippen LogP contribution < -0.4 is 5.32 Å². The molecule has 2 heterocycles. The number of hydrogen-bond donors (Lipinski definition) is 2. The maximum absolute atomic E-state index is 12.4. The number of nitrogens with one attached hydrogen (secondary N) is 1. The van der Waals surface area contributed by atoms with E-state index in [-0.39, 0.29) is 28.7 Å². The first kappa shape index (κ1) is 18.4. The first-order chi connectivity index (χ1) is 11.2. The van der Waals surface area contributed by atoms with Gasteiger partial charge in [0, 0.05) is 17.8 Å². The van der Waals surface area contributed by atoms with Gasteiger partial charge < -0.3 is 15.3 Å². The highest BCUT2D eigenvalue weighted by Crippen LogP contribution is 2.25. The molecule has 132 valence electrons. The zero-order valence-corrected chi connectivity index (χ0v) is 15.1. The summed E-state index contributed by atoms with van der Waals surface area (Å²) in [4.78, 5) is 38.4. The Hall–Kier alpha value is -1.89. The van der Waals surface area contributed by atoms with Crippen molar-refractivity contribution < 1.29 is 19.5 Å². The van der Waals surface area contributed by atoms with Crippen LogP contribution in [0.15, 0.2) is 12.1 Å². The molecule has 1 aliphatic heterocycles. The summed E-state index contributed by atoms with van der Waals surface area (Å²) in [5.41, 5.74) is -0.106. The molecule has 1 aromatic rings. The number of amides is 2. The monoisotopic (exact) mass is 352 g/mol. The van der Waals surface area contributed by atoms with Crippen LogP contribution in [0.2, 0.25) is 0 Å². The van der Waals surface area contributed by atoms with Gasteiger partial charge in [-0.1, -0.05) is 20.8 Å². The molecule has 2 N–H and O–H groups in total. The fraction of sp³-hybridized carbons (Fsp3) is 0.588. The Morgan fingerprint density at radius 3 is 2.62 bits per heavy atom. The average molecular weight is 352 g/mol. The number of carboxylic acids is 1. The van der Waals surface area contributed by atoms with Gasteiger partial charge in [-0.2, -0.15) is 0 Å². The van der Waals surface area contributed by atoms with E-state index in [1.807, 2.05) is 20.8 Å². The van der Waals surface area contributed by atoms with Crippen LogP contribution in [0.1, 0.15) is 54.6 Å². The second-order valence-electron chi connectivity index (χ2n) is 7.27. The summed E-state index contributed by atoms with van der Waals surface area (Å²) in [5.74, 6) is -1.11. The molecule has 0 aliphatic carbocycles. The van der Waals surface area contributed by atoms with Gasteiger partial charge in [0.1, 0.15) is 10.9 Å². The van der Waals surface area contributed by atoms with Crippen LogP contribution in [0, 0.1) is 5.41 Å². The van der Waals surface area contributed by atoms with Crippen molar-refractivity contribution in [1.29, 1.82) is 0 Å². The van der Waals surface area contributed by atoms with E-state index < -0.39 is 12.0 Å². The molecule has 0 spiro atoms. The van der Waals surface area contributed by atoms with Crippen molar-refractivity contribution in [3.8, 4) is 0 Å². The predicted molar refractivity (Wildman–Crippen MR) is 91.9 cm³/mol. The molecule has 1 fully saturated rings. The highest BCUT2D eigenvalue weighted by Gasteiger charge is 2.35. The van der Waals surface area contributed by atoms with Gasteiger partial charge in [-0.05, 0) is 30.4 Å². The van der Waals surface area contributed by atoms with Crippen molar-refractivity contribution in [2.75, 3.05) is 6.54 Å². The molecule has 1 aromatic heterocycles. The van der Waals surface area contributed by atoms with Gasteiger partial charge in [-0.3, -0.25) is 9.59 Å². The van der Waals surface area contributed by atoms with Crippen LogP contribution in [0.4, 0.5) is 0 Å². The Labute approximate surface area is 145 Å². The lowest BCUT2D eigenvalue weighted by Crippen LogP contribution is -2.46. The third-order valence-corrected chi connectivity index (χ3v) is 4.94. The van der Waals surface area contributed by atoms with E-state index in [0.29, 0.717) is 19.4 Å². The Morgan fingerprint density at radius 2 is 2.04 bits per heavy atom. The molecule has 1 atom stereocenters. The van der Waals surface area contributed by atoms with Gasteiger partial charge in [0.25, 0.3) is 0 Å². The molecule has 2 rings (SSSR count). The van der Waals surface area contributed by atoms with Gasteiger partial charge in [-0.15, -0.1) is 11.3 Å². The normalized spacial score (nSPS) is 17.8. The third-order valence-electron chi connectivity index (χ3n) is 3.87. The summed E-state index contributed by atoms with van der Waals surface area (Å²) in [6.45, 7) is 6.93. The summed E-state index contributed by atoms with van der Waals surface area (Å²) in [6, 6.07) is 2.81. The zero-order chi connectivity index (χ0) is 17.9. The van der Waals surface area contributed by atoms with Crippen LogP contribution in [-0.2, 0) is 16.1 Å². The zero-order valence-electron chi connectivity index (χ0n) is 14.3. The van der Waals surface area contributed by atoms with E-state index in [0.717, 1.165) is 22.6 Å². The Bertz CT molecular complexity index is 633. The lowest BCUT2D eigenvalue weighted by atomic mass is 9.91. The second kappa shape index (κ2) is 7.34.